The molecule has 0 spiro atoms. The Morgan fingerprint density at radius 1 is 1.23 bits per heavy atom. The van der Waals surface area contributed by atoms with E-state index in [0.717, 1.165) is 11.3 Å². The summed E-state index contributed by atoms with van der Waals surface area (Å²) in [7, 11) is 1.48. The standard InChI is InChI=1S/C24H27N5O6/c1-4-5-12-27-21(25)20(22(30)26-24(27)32)28(14-17-8-6-7-9-19(17)35-3)23(31)16-10-11-18(29(33)34)15(2)13-16/h6-11,13H,4-5,12,14,25H2,1-3H3,(H,26,30,32). The zero-order chi connectivity index (χ0) is 25.7. The van der Waals surface area contributed by atoms with Crippen LogP contribution in [-0.4, -0.2) is 27.5 Å². The van der Waals surface area contributed by atoms with Gasteiger partial charge in [0.15, 0.2) is 5.69 Å². The van der Waals surface area contributed by atoms with Gasteiger partial charge in [0.05, 0.1) is 18.6 Å². The number of methoxy groups -OCH3 is 1. The van der Waals surface area contributed by atoms with Gasteiger partial charge >= 0.3 is 5.69 Å². The lowest BCUT2D eigenvalue weighted by Crippen LogP contribution is -2.41. The predicted octanol–water partition coefficient (Wildman–Crippen LogP) is 2.99. The second kappa shape index (κ2) is 10.7. The molecule has 0 aliphatic carbocycles. The zero-order valence-corrected chi connectivity index (χ0v) is 19.7. The first-order valence-electron chi connectivity index (χ1n) is 11.0. The van der Waals surface area contributed by atoms with Crippen molar-refractivity contribution in [2.75, 3.05) is 17.7 Å². The van der Waals surface area contributed by atoms with Crippen molar-refractivity contribution in [2.24, 2.45) is 0 Å². The highest BCUT2D eigenvalue weighted by Crippen LogP contribution is 2.27. The van der Waals surface area contributed by atoms with E-state index >= 15 is 0 Å². The third-order valence-corrected chi connectivity index (χ3v) is 5.63. The minimum atomic E-state index is -0.817. The first-order chi connectivity index (χ1) is 16.7. The highest BCUT2D eigenvalue weighted by molar-refractivity contribution is 6.07. The van der Waals surface area contributed by atoms with E-state index in [9.17, 15) is 24.5 Å². The number of nitrogens with zero attached hydrogens (tertiary/aromatic N) is 3. The second-order valence-corrected chi connectivity index (χ2v) is 7.96. The molecule has 3 rings (SSSR count). The smallest absolute Gasteiger partial charge is 0.330 e. The van der Waals surface area contributed by atoms with Crippen LogP contribution in [0.3, 0.4) is 0 Å². The molecule has 0 fully saturated rings. The fourth-order valence-corrected chi connectivity index (χ4v) is 3.78. The van der Waals surface area contributed by atoms with E-state index in [4.69, 9.17) is 10.5 Å². The number of rotatable bonds is 9. The minimum Gasteiger partial charge on any atom is -0.496 e. The van der Waals surface area contributed by atoms with Crippen molar-refractivity contribution in [1.82, 2.24) is 9.55 Å². The van der Waals surface area contributed by atoms with Crippen LogP contribution in [0.5, 0.6) is 5.75 Å². The number of aromatic nitrogens is 2. The average Bonchev–Trinajstić information content (AvgIpc) is 2.82. The molecule has 0 saturated heterocycles. The molecule has 11 heteroatoms. The number of unbranched alkanes of at least 4 members (excludes halogenated alkanes) is 1. The molecular weight excluding hydrogens is 454 g/mol. The van der Waals surface area contributed by atoms with Crippen molar-refractivity contribution < 1.29 is 14.5 Å². The Bertz CT molecular complexity index is 1380. The van der Waals surface area contributed by atoms with Crippen LogP contribution < -0.4 is 26.6 Å². The molecule has 0 unspecified atom stereocenters. The monoisotopic (exact) mass is 481 g/mol. The summed E-state index contributed by atoms with van der Waals surface area (Å²) >= 11 is 0. The number of nitro benzene ring substituents is 1. The lowest BCUT2D eigenvalue weighted by Gasteiger charge is -2.25. The van der Waals surface area contributed by atoms with Crippen molar-refractivity contribution in [3.63, 3.8) is 0 Å². The van der Waals surface area contributed by atoms with Crippen LogP contribution in [0.4, 0.5) is 17.2 Å². The maximum atomic E-state index is 13.7. The van der Waals surface area contributed by atoms with Gasteiger partial charge in [-0.1, -0.05) is 31.5 Å². The predicted molar refractivity (Wildman–Crippen MR) is 132 cm³/mol. The lowest BCUT2D eigenvalue weighted by molar-refractivity contribution is -0.385. The molecule has 0 aliphatic rings. The highest BCUT2D eigenvalue weighted by Gasteiger charge is 2.27. The number of nitrogen functional groups attached to an aromatic ring is 1. The van der Waals surface area contributed by atoms with Crippen LogP contribution in [-0.2, 0) is 13.1 Å². The molecule has 184 valence electrons. The number of H-pyrrole nitrogens is 1. The Morgan fingerprint density at radius 2 is 1.94 bits per heavy atom. The van der Waals surface area contributed by atoms with Crippen LogP contribution in [0.25, 0.3) is 0 Å². The van der Waals surface area contributed by atoms with Gasteiger partial charge in [0.25, 0.3) is 17.2 Å². The van der Waals surface area contributed by atoms with E-state index in [0.29, 0.717) is 17.7 Å². The van der Waals surface area contributed by atoms with Crippen LogP contribution in [0.2, 0.25) is 0 Å². The molecule has 0 radical (unpaired) electrons. The third-order valence-electron chi connectivity index (χ3n) is 5.63. The van der Waals surface area contributed by atoms with E-state index in [1.807, 2.05) is 6.92 Å². The summed E-state index contributed by atoms with van der Waals surface area (Å²) in [5.74, 6) is -0.277. The molecule has 0 bridgehead atoms. The van der Waals surface area contributed by atoms with Crippen molar-refractivity contribution in [2.45, 2.75) is 39.8 Å². The van der Waals surface area contributed by atoms with Gasteiger partial charge in [0.2, 0.25) is 0 Å². The second-order valence-electron chi connectivity index (χ2n) is 7.96. The maximum Gasteiger partial charge on any atom is 0.330 e. The highest BCUT2D eigenvalue weighted by atomic mass is 16.6. The zero-order valence-electron chi connectivity index (χ0n) is 19.7. The summed E-state index contributed by atoms with van der Waals surface area (Å²) in [5, 5.41) is 11.2. The number of hydrogen-bond acceptors (Lipinski definition) is 7. The van der Waals surface area contributed by atoms with Crippen molar-refractivity contribution in [1.29, 1.82) is 0 Å². The number of aromatic amines is 1. The summed E-state index contributed by atoms with van der Waals surface area (Å²) in [6, 6.07) is 10.9. The summed E-state index contributed by atoms with van der Waals surface area (Å²) in [6.45, 7) is 3.63. The number of nitrogens with two attached hydrogens (primary N) is 1. The van der Waals surface area contributed by atoms with E-state index < -0.39 is 22.1 Å². The number of anilines is 2. The molecule has 3 N–H and O–H groups in total. The van der Waals surface area contributed by atoms with Crippen LogP contribution in [0.1, 0.15) is 41.3 Å². The number of benzene rings is 2. The summed E-state index contributed by atoms with van der Waals surface area (Å²) in [5.41, 5.74) is 5.48. The van der Waals surface area contributed by atoms with Crippen molar-refractivity contribution in [3.8, 4) is 5.75 Å². The molecule has 1 aromatic heterocycles. The van der Waals surface area contributed by atoms with E-state index in [-0.39, 0.29) is 41.4 Å². The van der Waals surface area contributed by atoms with Crippen LogP contribution in [0.15, 0.2) is 52.1 Å². The van der Waals surface area contributed by atoms with Gasteiger partial charge < -0.3 is 10.5 Å². The molecular formula is C24H27N5O6. The van der Waals surface area contributed by atoms with Gasteiger partial charge in [0, 0.05) is 29.3 Å². The van der Waals surface area contributed by atoms with Crippen LogP contribution in [0, 0.1) is 17.0 Å². The number of hydrogen-bond donors (Lipinski definition) is 2. The fraction of sp³-hybridized carbons (Fsp3) is 0.292. The molecule has 3 aromatic rings. The number of nitro groups is 1. The number of nitrogens with one attached hydrogen (secondary N) is 1. The minimum absolute atomic E-state index is 0.0991. The number of amides is 1. The number of carbonyl (C=O) groups excluding carboxylic acids is 1. The number of carbonyl (C=O) groups is 1. The van der Waals surface area contributed by atoms with Gasteiger partial charge in [-0.2, -0.15) is 0 Å². The van der Waals surface area contributed by atoms with Gasteiger partial charge in [-0.3, -0.25) is 34.2 Å². The van der Waals surface area contributed by atoms with E-state index in [2.05, 4.69) is 4.98 Å². The number of para-hydroxylation sites is 1. The average molecular weight is 482 g/mol. The number of aryl methyl sites for hydroxylation is 1. The molecule has 0 aliphatic heterocycles. The largest absolute Gasteiger partial charge is 0.496 e. The third kappa shape index (κ3) is 5.24. The molecule has 0 atom stereocenters. The molecule has 1 amide bonds. The first kappa shape index (κ1) is 25.2. The topological polar surface area (TPSA) is 154 Å². The van der Waals surface area contributed by atoms with E-state index in [1.165, 1.54) is 36.8 Å². The Balaban J connectivity index is 2.21. The number of ether oxygens (including phenoxy) is 1. The van der Waals surface area contributed by atoms with E-state index in [1.54, 1.807) is 24.3 Å². The summed E-state index contributed by atoms with van der Waals surface area (Å²) < 4.78 is 6.63. The van der Waals surface area contributed by atoms with Crippen molar-refractivity contribution >= 4 is 23.1 Å². The quantitative estimate of drug-likeness (QED) is 0.352. The van der Waals surface area contributed by atoms with Crippen LogP contribution >= 0.6 is 0 Å². The molecule has 2 aromatic carbocycles. The molecule has 35 heavy (non-hydrogen) atoms. The molecule has 0 saturated carbocycles. The van der Waals surface area contributed by atoms with Gasteiger partial charge in [0.1, 0.15) is 11.6 Å². The maximum absolute atomic E-state index is 13.7. The fourth-order valence-electron chi connectivity index (χ4n) is 3.78. The van der Waals surface area contributed by atoms with Gasteiger partial charge in [-0.15, -0.1) is 0 Å². The van der Waals surface area contributed by atoms with Gasteiger partial charge in [-0.25, -0.2) is 4.79 Å². The van der Waals surface area contributed by atoms with Crippen molar-refractivity contribution in [3.05, 3.63) is 90.1 Å². The molecule has 11 nitrogen and oxygen atoms in total. The summed E-state index contributed by atoms with van der Waals surface area (Å²) in [6.07, 6.45) is 1.42. The summed E-state index contributed by atoms with van der Waals surface area (Å²) in [4.78, 5) is 53.2. The lowest BCUT2D eigenvalue weighted by atomic mass is 10.1. The first-order valence-corrected chi connectivity index (χ1v) is 11.0. The Labute approximate surface area is 200 Å². The Morgan fingerprint density at radius 3 is 2.57 bits per heavy atom. The molecule has 1 heterocycles. The van der Waals surface area contributed by atoms with Gasteiger partial charge in [-0.05, 0) is 31.5 Å². The normalized spacial score (nSPS) is 10.7. The Hall–Kier alpha value is -4.41. The SMILES string of the molecule is CCCCn1c(N)c(N(Cc2ccccc2OC)C(=O)c2ccc([N+](=O)[O-])c(C)c2)c(=O)[nH]c1=O. The Kier molecular flexibility index (Phi) is 7.69.